The second-order valence-corrected chi connectivity index (χ2v) is 9.79. The van der Waals surface area contributed by atoms with Gasteiger partial charge in [-0.2, -0.15) is 0 Å². The van der Waals surface area contributed by atoms with E-state index in [1.165, 1.54) is 0 Å². The van der Waals surface area contributed by atoms with Crippen LogP contribution in [0.5, 0.6) is 5.75 Å². The molecule has 0 bridgehead atoms. The van der Waals surface area contributed by atoms with Gasteiger partial charge in [-0.3, -0.25) is 9.47 Å². The van der Waals surface area contributed by atoms with Gasteiger partial charge in [-0.1, -0.05) is 48.5 Å². The minimum Gasteiger partial charge on any atom is -0.550 e. The number of carbonyl (C=O) groups excluding carboxylic acids is 1. The number of ether oxygens (including phenoxy) is 1. The molecule has 38 heavy (non-hydrogen) atoms. The third-order valence-corrected chi connectivity index (χ3v) is 7.47. The van der Waals surface area contributed by atoms with Crippen LogP contribution in [0.1, 0.15) is 41.1 Å². The van der Waals surface area contributed by atoms with Gasteiger partial charge < -0.3 is 19.6 Å². The predicted molar refractivity (Wildman–Crippen MR) is 140 cm³/mol. The van der Waals surface area contributed by atoms with Crippen LogP contribution in [0.2, 0.25) is 0 Å². The van der Waals surface area contributed by atoms with Crippen LogP contribution in [0.15, 0.2) is 77.6 Å². The van der Waals surface area contributed by atoms with Crippen LogP contribution in [-0.2, 0) is 17.8 Å². The van der Waals surface area contributed by atoms with E-state index in [0.29, 0.717) is 12.2 Å². The molecule has 1 fully saturated rings. The standard InChI is InChI=1S/C30H29N3O4.Na/c34-29(35)18-20-9-10-28-25(17-20)24(23-6-2-1-5-21(23)19-37-28)13-16-32-14-11-22(12-15-32)33-27-8-4-3-7-26(27)31-30(33)36;/h1-10,13,17,22H,11-12,14-16,18-19H2,(H,31,36)(H,34,35);/q;+1/p-1/b24-13+;. The zero-order valence-electron chi connectivity index (χ0n) is 21.5. The summed E-state index contributed by atoms with van der Waals surface area (Å²) in [7, 11) is 0. The Balaban J connectivity index is 0.00000294. The Morgan fingerprint density at radius 3 is 2.61 bits per heavy atom. The van der Waals surface area contributed by atoms with E-state index in [0.717, 1.165) is 71.5 Å². The average Bonchev–Trinajstić information content (AvgIpc) is 3.15. The molecular formula is C30H28N3NaO4. The number of hydrogen-bond donors (Lipinski definition) is 1. The molecule has 0 amide bonds. The topological polar surface area (TPSA) is 90.4 Å². The molecule has 0 saturated carbocycles. The van der Waals surface area contributed by atoms with Crippen molar-refractivity contribution >= 4 is 22.6 Å². The second-order valence-electron chi connectivity index (χ2n) is 9.79. The first-order valence-electron chi connectivity index (χ1n) is 12.7. The number of aliphatic carboxylic acids is 1. The maximum absolute atomic E-state index is 12.6. The fourth-order valence-electron chi connectivity index (χ4n) is 5.64. The minimum atomic E-state index is -1.10. The molecule has 0 aliphatic carbocycles. The van der Waals surface area contributed by atoms with E-state index in [-0.39, 0.29) is 47.7 Å². The summed E-state index contributed by atoms with van der Waals surface area (Å²) in [5.74, 6) is -0.348. The van der Waals surface area contributed by atoms with Gasteiger partial charge in [0, 0.05) is 43.6 Å². The number of aromatic nitrogens is 2. The average molecular weight is 518 g/mol. The van der Waals surface area contributed by atoms with E-state index >= 15 is 0 Å². The number of aromatic amines is 1. The van der Waals surface area contributed by atoms with E-state index in [4.69, 9.17) is 4.74 Å². The maximum Gasteiger partial charge on any atom is 1.00 e. The normalized spacial score (nSPS) is 16.8. The molecule has 1 aromatic heterocycles. The van der Waals surface area contributed by atoms with Gasteiger partial charge in [-0.05, 0) is 59.4 Å². The Morgan fingerprint density at radius 2 is 1.79 bits per heavy atom. The second kappa shape index (κ2) is 11.3. The number of piperidine rings is 1. The third-order valence-electron chi connectivity index (χ3n) is 7.47. The first-order chi connectivity index (χ1) is 18.1. The van der Waals surface area contributed by atoms with Crippen molar-refractivity contribution in [1.82, 2.24) is 14.5 Å². The van der Waals surface area contributed by atoms with Crippen molar-refractivity contribution in [3.8, 4) is 5.75 Å². The molecule has 0 unspecified atom stereocenters. The van der Waals surface area contributed by atoms with Crippen molar-refractivity contribution in [3.63, 3.8) is 0 Å². The predicted octanol–water partition coefficient (Wildman–Crippen LogP) is 0.287. The van der Waals surface area contributed by atoms with E-state index in [2.05, 4.69) is 28.1 Å². The summed E-state index contributed by atoms with van der Waals surface area (Å²) in [5, 5.41) is 11.2. The van der Waals surface area contributed by atoms with E-state index < -0.39 is 5.97 Å². The van der Waals surface area contributed by atoms with E-state index in [1.807, 2.05) is 53.1 Å². The van der Waals surface area contributed by atoms with Crippen LogP contribution in [-0.4, -0.2) is 40.1 Å². The van der Waals surface area contributed by atoms with E-state index in [1.54, 1.807) is 6.07 Å². The summed E-state index contributed by atoms with van der Waals surface area (Å²) in [6, 6.07) is 21.8. The van der Waals surface area contributed by atoms with Crippen LogP contribution in [0.25, 0.3) is 16.6 Å². The molecular weight excluding hydrogens is 489 g/mol. The summed E-state index contributed by atoms with van der Waals surface area (Å²) in [6.45, 7) is 2.99. The number of carboxylic acid groups (broad SMARTS) is 1. The van der Waals surface area contributed by atoms with E-state index in [9.17, 15) is 14.7 Å². The summed E-state index contributed by atoms with van der Waals surface area (Å²) in [5.41, 5.74) is 6.66. The van der Waals surface area contributed by atoms with Crippen molar-refractivity contribution < 1.29 is 44.2 Å². The molecule has 3 heterocycles. The zero-order chi connectivity index (χ0) is 25.4. The van der Waals surface area contributed by atoms with Gasteiger partial charge in [0.15, 0.2) is 0 Å². The molecule has 3 aromatic carbocycles. The molecule has 1 saturated heterocycles. The SMILES string of the molecule is O=C([O-])Cc1ccc2c(c1)/C(=C/CN1CCC(n3c(=O)[nH]c4ccccc43)CC1)c1ccccc1CO2.[Na+]. The van der Waals surface area contributed by atoms with Gasteiger partial charge in [0.05, 0.1) is 11.0 Å². The van der Waals surface area contributed by atoms with Gasteiger partial charge in [0.25, 0.3) is 0 Å². The van der Waals surface area contributed by atoms with Crippen LogP contribution >= 0.6 is 0 Å². The molecule has 4 aromatic rings. The molecule has 7 nitrogen and oxygen atoms in total. The largest absolute Gasteiger partial charge is 1.00 e. The Bertz CT molecular complexity index is 1560. The minimum absolute atomic E-state index is 0. The Labute approximate surface area is 243 Å². The van der Waals surface area contributed by atoms with Crippen molar-refractivity contribution in [2.75, 3.05) is 19.6 Å². The Kier molecular flexibility index (Phi) is 7.91. The summed E-state index contributed by atoms with van der Waals surface area (Å²) < 4.78 is 8.02. The maximum atomic E-state index is 12.6. The molecule has 0 radical (unpaired) electrons. The van der Waals surface area contributed by atoms with Gasteiger partial charge >= 0.3 is 35.2 Å². The van der Waals surface area contributed by atoms with Crippen molar-refractivity contribution in [2.45, 2.75) is 31.9 Å². The number of nitrogens with one attached hydrogen (secondary N) is 1. The van der Waals surface area contributed by atoms with Gasteiger partial charge in [0.2, 0.25) is 0 Å². The number of hydrogen-bond acceptors (Lipinski definition) is 5. The zero-order valence-corrected chi connectivity index (χ0v) is 23.5. The summed E-state index contributed by atoms with van der Waals surface area (Å²) in [4.78, 5) is 29.3. The molecule has 0 atom stereocenters. The number of H-pyrrole nitrogens is 1. The summed E-state index contributed by atoms with van der Waals surface area (Å²) in [6.07, 6.45) is 3.89. The van der Waals surface area contributed by atoms with Gasteiger partial charge in [0.1, 0.15) is 12.4 Å². The smallest absolute Gasteiger partial charge is 0.550 e. The molecule has 1 N–H and O–H groups in total. The number of benzene rings is 3. The van der Waals surface area contributed by atoms with Gasteiger partial charge in [-0.15, -0.1) is 0 Å². The first kappa shape index (κ1) is 26.5. The van der Waals surface area contributed by atoms with Crippen molar-refractivity contribution in [3.05, 3.63) is 106 Å². The number of carbonyl (C=O) groups is 1. The molecule has 188 valence electrons. The fourth-order valence-corrected chi connectivity index (χ4v) is 5.64. The molecule has 6 rings (SSSR count). The monoisotopic (exact) mass is 517 g/mol. The molecule has 2 aliphatic rings. The van der Waals surface area contributed by atoms with Crippen molar-refractivity contribution in [2.24, 2.45) is 0 Å². The number of imidazole rings is 1. The van der Waals surface area contributed by atoms with Crippen LogP contribution < -0.4 is 45.1 Å². The number of carboxylic acids is 1. The Hall–Kier alpha value is -3.10. The number of para-hydroxylation sites is 2. The molecule has 0 spiro atoms. The summed E-state index contributed by atoms with van der Waals surface area (Å²) >= 11 is 0. The number of likely N-dealkylation sites (tertiary alicyclic amines) is 1. The van der Waals surface area contributed by atoms with Crippen LogP contribution in [0.3, 0.4) is 0 Å². The quantitative estimate of drug-likeness (QED) is 0.385. The first-order valence-corrected chi connectivity index (χ1v) is 12.7. The van der Waals surface area contributed by atoms with Crippen LogP contribution in [0, 0.1) is 0 Å². The Morgan fingerprint density at radius 1 is 1.03 bits per heavy atom. The third kappa shape index (κ3) is 5.24. The number of rotatable bonds is 5. The van der Waals surface area contributed by atoms with Gasteiger partial charge in [-0.25, -0.2) is 4.79 Å². The van der Waals surface area contributed by atoms with Crippen LogP contribution in [0.4, 0.5) is 0 Å². The van der Waals surface area contributed by atoms with Crippen molar-refractivity contribution in [1.29, 1.82) is 0 Å². The number of nitrogens with zero attached hydrogens (tertiary/aromatic N) is 2. The molecule has 2 aliphatic heterocycles. The number of fused-ring (bicyclic) bond motifs is 3. The molecule has 8 heteroatoms. The fraction of sp³-hybridized carbons (Fsp3) is 0.267.